The standard InChI is InChI=1S/C13H15BrFNO2/c14-12-8-9(15)3-4-11(12)13(17)16-6-5-10-2-1-7-18-10/h3-4,8,10H,1-2,5-7H2,(H,16,17). The molecule has 18 heavy (non-hydrogen) atoms. The predicted octanol–water partition coefficient (Wildman–Crippen LogP) is 2.89. The summed E-state index contributed by atoms with van der Waals surface area (Å²) in [5.41, 5.74) is 0.448. The van der Waals surface area contributed by atoms with Crippen molar-refractivity contribution in [1.29, 1.82) is 0 Å². The molecule has 0 aliphatic carbocycles. The van der Waals surface area contributed by atoms with Gasteiger partial charge in [-0.15, -0.1) is 0 Å². The number of hydrogen-bond acceptors (Lipinski definition) is 2. The third kappa shape index (κ3) is 3.53. The number of carbonyl (C=O) groups excluding carboxylic acids is 1. The van der Waals surface area contributed by atoms with Crippen LogP contribution in [-0.4, -0.2) is 25.2 Å². The molecule has 98 valence electrons. The van der Waals surface area contributed by atoms with Gasteiger partial charge in [0, 0.05) is 17.6 Å². The fraction of sp³-hybridized carbons (Fsp3) is 0.462. The van der Waals surface area contributed by atoms with Crippen LogP contribution < -0.4 is 5.32 Å². The first-order chi connectivity index (χ1) is 8.66. The van der Waals surface area contributed by atoms with Gasteiger partial charge in [-0.05, 0) is 53.4 Å². The molecule has 0 radical (unpaired) electrons. The second-order valence-electron chi connectivity index (χ2n) is 4.30. The molecule has 1 unspecified atom stereocenters. The Morgan fingerprint density at radius 1 is 1.56 bits per heavy atom. The van der Waals surface area contributed by atoms with Gasteiger partial charge in [-0.25, -0.2) is 4.39 Å². The Kier molecular flexibility index (Phi) is 4.72. The van der Waals surface area contributed by atoms with Crippen LogP contribution in [0.25, 0.3) is 0 Å². The van der Waals surface area contributed by atoms with E-state index in [1.807, 2.05) is 0 Å². The molecule has 0 spiro atoms. The zero-order chi connectivity index (χ0) is 13.0. The molecule has 0 bridgehead atoms. The van der Waals surface area contributed by atoms with Crippen molar-refractivity contribution in [2.24, 2.45) is 0 Å². The summed E-state index contributed by atoms with van der Waals surface area (Å²) >= 11 is 3.18. The van der Waals surface area contributed by atoms with Gasteiger partial charge >= 0.3 is 0 Å². The summed E-state index contributed by atoms with van der Waals surface area (Å²) in [5.74, 6) is -0.558. The van der Waals surface area contributed by atoms with Gasteiger partial charge in [-0.3, -0.25) is 4.79 Å². The van der Waals surface area contributed by atoms with E-state index in [4.69, 9.17) is 4.74 Å². The average molecular weight is 316 g/mol. The van der Waals surface area contributed by atoms with Crippen molar-refractivity contribution < 1.29 is 13.9 Å². The summed E-state index contributed by atoms with van der Waals surface area (Å²) in [4.78, 5) is 11.8. The first-order valence-electron chi connectivity index (χ1n) is 6.01. The van der Waals surface area contributed by atoms with Gasteiger partial charge in [0.25, 0.3) is 5.91 Å². The monoisotopic (exact) mass is 315 g/mol. The number of hydrogen-bond donors (Lipinski definition) is 1. The van der Waals surface area contributed by atoms with E-state index in [0.717, 1.165) is 25.9 Å². The lowest BCUT2D eigenvalue weighted by Gasteiger charge is -2.10. The fourth-order valence-corrected chi connectivity index (χ4v) is 2.52. The van der Waals surface area contributed by atoms with Gasteiger partial charge in [0.2, 0.25) is 0 Å². The fourth-order valence-electron chi connectivity index (χ4n) is 1.99. The molecule has 0 aromatic heterocycles. The highest BCUT2D eigenvalue weighted by atomic mass is 79.9. The van der Waals surface area contributed by atoms with E-state index < -0.39 is 0 Å². The highest BCUT2D eigenvalue weighted by Crippen LogP contribution is 2.18. The molecular formula is C13H15BrFNO2. The Balaban J connectivity index is 1.83. The SMILES string of the molecule is O=C(NCCC1CCCO1)c1ccc(F)cc1Br. The molecule has 2 rings (SSSR count). The third-order valence-electron chi connectivity index (χ3n) is 2.95. The molecule has 1 N–H and O–H groups in total. The van der Waals surface area contributed by atoms with Crippen LogP contribution in [0.4, 0.5) is 4.39 Å². The van der Waals surface area contributed by atoms with Crippen LogP contribution in [0, 0.1) is 5.82 Å². The number of benzene rings is 1. The van der Waals surface area contributed by atoms with Gasteiger partial charge in [0.05, 0.1) is 11.7 Å². The van der Waals surface area contributed by atoms with Crippen LogP contribution in [0.3, 0.4) is 0 Å². The molecule has 1 aliphatic rings. The summed E-state index contributed by atoms with van der Waals surface area (Å²) in [7, 11) is 0. The van der Waals surface area contributed by atoms with E-state index >= 15 is 0 Å². The van der Waals surface area contributed by atoms with E-state index in [1.165, 1.54) is 18.2 Å². The van der Waals surface area contributed by atoms with E-state index in [2.05, 4.69) is 21.2 Å². The van der Waals surface area contributed by atoms with Crippen LogP contribution in [0.5, 0.6) is 0 Å². The Morgan fingerprint density at radius 2 is 2.39 bits per heavy atom. The van der Waals surface area contributed by atoms with E-state index in [1.54, 1.807) is 0 Å². The van der Waals surface area contributed by atoms with Gasteiger partial charge in [0.1, 0.15) is 5.82 Å². The third-order valence-corrected chi connectivity index (χ3v) is 3.61. The molecule has 1 amide bonds. The molecule has 0 saturated carbocycles. The molecule has 1 aromatic carbocycles. The first-order valence-corrected chi connectivity index (χ1v) is 6.81. The molecule has 1 atom stereocenters. The lowest BCUT2D eigenvalue weighted by molar-refractivity contribution is 0.0906. The van der Waals surface area contributed by atoms with E-state index in [0.29, 0.717) is 16.6 Å². The Hall–Kier alpha value is -0.940. The highest BCUT2D eigenvalue weighted by molar-refractivity contribution is 9.10. The van der Waals surface area contributed by atoms with Crippen LogP contribution >= 0.6 is 15.9 Å². The van der Waals surface area contributed by atoms with Crippen molar-refractivity contribution >= 4 is 21.8 Å². The Bertz CT molecular complexity index is 433. The maximum absolute atomic E-state index is 12.9. The van der Waals surface area contributed by atoms with Crippen molar-refractivity contribution in [3.8, 4) is 0 Å². The Labute approximate surface area is 114 Å². The molecule has 1 heterocycles. The minimum Gasteiger partial charge on any atom is -0.378 e. The first kappa shape index (κ1) is 13.5. The number of amides is 1. The zero-order valence-corrected chi connectivity index (χ0v) is 11.5. The van der Waals surface area contributed by atoms with Crippen LogP contribution in [0.1, 0.15) is 29.6 Å². The topological polar surface area (TPSA) is 38.3 Å². The van der Waals surface area contributed by atoms with Crippen molar-refractivity contribution in [2.45, 2.75) is 25.4 Å². The Morgan fingerprint density at radius 3 is 3.06 bits per heavy atom. The lowest BCUT2D eigenvalue weighted by atomic mass is 10.1. The smallest absolute Gasteiger partial charge is 0.252 e. The largest absolute Gasteiger partial charge is 0.378 e. The summed E-state index contributed by atoms with van der Waals surface area (Å²) in [5, 5.41) is 2.81. The summed E-state index contributed by atoms with van der Waals surface area (Å²) in [6.07, 6.45) is 3.25. The summed E-state index contributed by atoms with van der Waals surface area (Å²) in [6.45, 7) is 1.40. The quantitative estimate of drug-likeness (QED) is 0.927. The van der Waals surface area contributed by atoms with Crippen LogP contribution in [-0.2, 0) is 4.74 Å². The number of rotatable bonds is 4. The van der Waals surface area contributed by atoms with Crippen LogP contribution in [0.15, 0.2) is 22.7 Å². The normalized spacial score (nSPS) is 18.9. The van der Waals surface area contributed by atoms with Crippen LogP contribution in [0.2, 0.25) is 0 Å². The molecule has 5 heteroatoms. The van der Waals surface area contributed by atoms with Gasteiger partial charge in [-0.2, -0.15) is 0 Å². The minimum atomic E-state index is -0.363. The summed E-state index contributed by atoms with van der Waals surface area (Å²) in [6, 6.07) is 4.04. The number of carbonyl (C=O) groups is 1. The predicted molar refractivity (Wildman–Crippen MR) is 70.0 cm³/mol. The second kappa shape index (κ2) is 6.29. The number of ether oxygens (including phenoxy) is 1. The molecule has 1 fully saturated rings. The van der Waals surface area contributed by atoms with Crippen molar-refractivity contribution in [1.82, 2.24) is 5.32 Å². The van der Waals surface area contributed by atoms with Gasteiger partial charge < -0.3 is 10.1 Å². The molecule has 3 nitrogen and oxygen atoms in total. The molecule has 1 saturated heterocycles. The summed E-state index contributed by atoms with van der Waals surface area (Å²) < 4.78 is 18.8. The number of nitrogens with one attached hydrogen (secondary N) is 1. The highest BCUT2D eigenvalue weighted by Gasteiger charge is 2.16. The van der Waals surface area contributed by atoms with Crippen molar-refractivity contribution in [3.05, 3.63) is 34.1 Å². The number of halogens is 2. The maximum Gasteiger partial charge on any atom is 0.252 e. The molecular weight excluding hydrogens is 301 g/mol. The molecule has 1 aromatic rings. The van der Waals surface area contributed by atoms with Crippen molar-refractivity contribution in [3.63, 3.8) is 0 Å². The zero-order valence-electron chi connectivity index (χ0n) is 9.92. The van der Waals surface area contributed by atoms with Gasteiger partial charge in [-0.1, -0.05) is 0 Å². The second-order valence-corrected chi connectivity index (χ2v) is 5.16. The van der Waals surface area contributed by atoms with E-state index in [-0.39, 0.29) is 17.8 Å². The maximum atomic E-state index is 12.9. The van der Waals surface area contributed by atoms with E-state index in [9.17, 15) is 9.18 Å². The lowest BCUT2D eigenvalue weighted by Crippen LogP contribution is -2.27. The average Bonchev–Trinajstić information content (AvgIpc) is 2.81. The molecule has 1 aliphatic heterocycles. The minimum absolute atomic E-state index is 0.195. The van der Waals surface area contributed by atoms with Crippen molar-refractivity contribution in [2.75, 3.05) is 13.2 Å². The van der Waals surface area contributed by atoms with Gasteiger partial charge in [0.15, 0.2) is 0 Å².